The van der Waals surface area contributed by atoms with E-state index in [2.05, 4.69) is 31.4 Å². The van der Waals surface area contributed by atoms with Crippen LogP contribution < -0.4 is 19.5 Å². The van der Waals surface area contributed by atoms with Crippen LogP contribution in [0.2, 0.25) is 0 Å². The zero-order chi connectivity index (χ0) is 40.7. The maximum Gasteiger partial charge on any atom is 0.200 e. The average Bonchev–Trinajstić information content (AvgIpc) is 3.20. The van der Waals surface area contributed by atoms with Crippen LogP contribution in [0.5, 0.6) is 28.7 Å². The third-order valence-corrected chi connectivity index (χ3v) is 16.2. The Labute approximate surface area is 346 Å². The highest BCUT2D eigenvalue weighted by molar-refractivity contribution is 8.76. The summed E-state index contributed by atoms with van der Waals surface area (Å²) in [5.74, 6) is 2.26. The lowest BCUT2D eigenvalue weighted by Gasteiger charge is -2.55. The molecule has 7 N–H and O–H groups in total. The Kier molecular flexibility index (Phi) is 15.7. The number of methoxy groups -OCH3 is 2. The van der Waals surface area contributed by atoms with Gasteiger partial charge in [0, 0.05) is 29.6 Å². The summed E-state index contributed by atoms with van der Waals surface area (Å²) in [6.07, 6.45) is 11.9. The molecule has 6 rings (SSSR count). The smallest absolute Gasteiger partial charge is 0.200 e. The van der Waals surface area contributed by atoms with Crippen LogP contribution in [0.15, 0.2) is 36.4 Å². The highest BCUT2D eigenvalue weighted by Gasteiger charge is 2.51. The number of aromatic hydroxyl groups is 2. The molecule has 0 bridgehead atoms. The summed E-state index contributed by atoms with van der Waals surface area (Å²) in [4.78, 5) is 0. The minimum atomic E-state index is -0.997. The molecule has 3 aliphatic carbocycles. The highest BCUT2D eigenvalue weighted by atomic mass is 33.1. The van der Waals surface area contributed by atoms with Crippen molar-refractivity contribution in [2.45, 2.75) is 120 Å². The summed E-state index contributed by atoms with van der Waals surface area (Å²) < 4.78 is 23.3. The van der Waals surface area contributed by atoms with Gasteiger partial charge < -0.3 is 54.9 Å². The van der Waals surface area contributed by atoms with Crippen LogP contribution in [0.3, 0.4) is 0 Å². The van der Waals surface area contributed by atoms with Gasteiger partial charge in [-0.3, -0.25) is 0 Å². The van der Waals surface area contributed by atoms with E-state index in [0.717, 1.165) is 36.8 Å². The second kappa shape index (κ2) is 20.3. The topological polar surface area (TPSA) is 170 Å². The van der Waals surface area contributed by atoms with Crippen molar-refractivity contribution in [3.8, 4) is 28.7 Å². The van der Waals surface area contributed by atoms with Gasteiger partial charge in [0.2, 0.25) is 5.75 Å². The molecule has 1 heterocycles. The molecule has 2 aromatic rings. The van der Waals surface area contributed by atoms with Gasteiger partial charge in [0.25, 0.3) is 0 Å². The average molecular weight is 832 g/mol. The molecule has 318 valence electrons. The first kappa shape index (κ1) is 44.2. The van der Waals surface area contributed by atoms with Crippen LogP contribution in [-0.4, -0.2) is 102 Å². The number of rotatable bonds is 11. The fourth-order valence-electron chi connectivity index (χ4n) is 10.5. The monoisotopic (exact) mass is 831 g/mol. The van der Waals surface area contributed by atoms with Crippen molar-refractivity contribution >= 4 is 21.6 Å². The van der Waals surface area contributed by atoms with E-state index in [4.69, 9.17) is 18.9 Å². The van der Waals surface area contributed by atoms with E-state index >= 15 is 0 Å². The Morgan fingerprint density at radius 2 is 1.68 bits per heavy atom. The lowest BCUT2D eigenvalue weighted by molar-refractivity contribution is -0.0808. The molecule has 2 saturated carbocycles. The van der Waals surface area contributed by atoms with Crippen LogP contribution in [0.25, 0.3) is 0 Å². The molecular weight excluding hydrogens is 767 g/mol. The van der Waals surface area contributed by atoms with Crippen LogP contribution in [0.4, 0.5) is 0 Å². The molecule has 2 aromatic carbocycles. The zero-order valence-electron chi connectivity index (χ0n) is 34.0. The Morgan fingerprint density at radius 1 is 0.912 bits per heavy atom. The number of hydrogen-bond donors (Lipinski definition) is 7. The number of aliphatic hydroxyl groups excluding tert-OH is 4. The van der Waals surface area contributed by atoms with Crippen LogP contribution in [0.1, 0.15) is 93.1 Å². The number of aryl methyl sites for hydroxylation is 1. The minimum absolute atomic E-state index is 0.0335. The van der Waals surface area contributed by atoms with Crippen molar-refractivity contribution in [3.63, 3.8) is 0 Å². The van der Waals surface area contributed by atoms with E-state index in [1.54, 1.807) is 18.2 Å². The second-order valence-corrected chi connectivity index (χ2v) is 19.5. The second-order valence-electron chi connectivity index (χ2n) is 16.9. The molecule has 57 heavy (non-hydrogen) atoms. The van der Waals surface area contributed by atoms with Crippen molar-refractivity contribution in [1.82, 2.24) is 5.32 Å². The summed E-state index contributed by atoms with van der Waals surface area (Å²) in [7, 11) is 7.99. The number of phenols is 2. The number of nitrogens with one attached hydrogen (secondary N) is 1. The van der Waals surface area contributed by atoms with Gasteiger partial charge >= 0.3 is 0 Å². The van der Waals surface area contributed by atoms with Crippen molar-refractivity contribution in [3.05, 3.63) is 53.1 Å². The number of hydrogen-bond acceptors (Lipinski definition) is 13. The first-order valence-electron chi connectivity index (χ1n) is 20.8. The van der Waals surface area contributed by atoms with E-state index in [1.165, 1.54) is 55.1 Å². The number of allylic oxidation sites excluding steroid dienone is 2. The molecule has 4 aliphatic rings. The molecule has 0 radical (unpaired) electrons. The van der Waals surface area contributed by atoms with Gasteiger partial charge in [0.05, 0.1) is 38.6 Å². The number of fused-ring (bicyclic) bond motifs is 3. The van der Waals surface area contributed by atoms with E-state index in [-0.39, 0.29) is 65.0 Å². The molecule has 1 aliphatic heterocycles. The summed E-state index contributed by atoms with van der Waals surface area (Å²) in [5, 5.41) is 69.0. The normalized spacial score (nSPS) is 33.6. The van der Waals surface area contributed by atoms with Crippen LogP contribution in [-0.2, 0) is 17.6 Å². The van der Waals surface area contributed by atoms with Gasteiger partial charge in [-0.2, -0.15) is 0 Å². The molecule has 2 fully saturated rings. The third-order valence-electron chi connectivity index (χ3n) is 13.3. The van der Waals surface area contributed by atoms with Gasteiger partial charge in [-0.25, -0.2) is 0 Å². The molecule has 0 aromatic heterocycles. The van der Waals surface area contributed by atoms with E-state index < -0.39 is 31.0 Å². The molecule has 11 nitrogen and oxygen atoms in total. The summed E-state index contributed by atoms with van der Waals surface area (Å²) >= 11 is 0. The molecular formula is C44H65NO10S2. The first-order chi connectivity index (χ1) is 27.5. The first-order valence-corrected chi connectivity index (χ1v) is 23.2. The maximum absolute atomic E-state index is 11.7. The summed E-state index contributed by atoms with van der Waals surface area (Å²) in [6, 6.07) is 7.60. The van der Waals surface area contributed by atoms with E-state index in [1.807, 2.05) is 6.07 Å². The van der Waals surface area contributed by atoms with Crippen LogP contribution >= 0.6 is 21.6 Å². The number of ether oxygens (including phenoxy) is 4. The predicted molar refractivity (Wildman–Crippen MR) is 225 cm³/mol. The van der Waals surface area contributed by atoms with Crippen molar-refractivity contribution < 1.29 is 49.6 Å². The summed E-state index contributed by atoms with van der Waals surface area (Å²) in [6.45, 7) is 1.78. The lowest BCUT2D eigenvalue weighted by Crippen LogP contribution is -2.53. The number of benzene rings is 2. The third kappa shape index (κ3) is 10.3. The summed E-state index contributed by atoms with van der Waals surface area (Å²) in [5.41, 5.74) is 2.74. The Hall–Kier alpha value is -2.36. The molecule has 11 unspecified atom stereocenters. The van der Waals surface area contributed by atoms with Gasteiger partial charge in [0.15, 0.2) is 23.0 Å². The van der Waals surface area contributed by atoms with Gasteiger partial charge in [-0.1, -0.05) is 40.7 Å². The fourth-order valence-corrected chi connectivity index (χ4v) is 13.4. The molecule has 11 atom stereocenters. The SMILES string of the molecule is CNC1CCC2(C=CCC(C)C2)C2CC(Oc3cc4c(cc3O)C(CCO)SSCC(O)C(Cc3cc(OC)c(O)c(OC)c3)C(O)CC(OCO)CC4)CCC12. The van der Waals surface area contributed by atoms with Crippen molar-refractivity contribution in [1.29, 1.82) is 0 Å². The van der Waals surface area contributed by atoms with Crippen molar-refractivity contribution in [2.24, 2.45) is 29.1 Å². The van der Waals surface area contributed by atoms with Crippen molar-refractivity contribution in [2.75, 3.05) is 40.4 Å². The Bertz CT molecular complexity index is 1620. The predicted octanol–water partition coefficient (Wildman–Crippen LogP) is 6.69. The number of aliphatic hydroxyl groups is 4. The number of phenolic OH excluding ortho intramolecular Hbond substituents is 2. The fraction of sp³-hybridized carbons (Fsp3) is 0.682. The molecule has 0 saturated heterocycles. The van der Waals surface area contributed by atoms with E-state index in [9.17, 15) is 30.6 Å². The molecule has 1 spiro atoms. The van der Waals surface area contributed by atoms with Gasteiger partial charge in [-0.05, 0) is 148 Å². The highest BCUT2D eigenvalue weighted by Crippen LogP contribution is 2.57. The quantitative estimate of drug-likeness (QED) is 0.0727. The van der Waals surface area contributed by atoms with Gasteiger partial charge in [-0.15, -0.1) is 0 Å². The molecule has 0 amide bonds. The van der Waals surface area contributed by atoms with Gasteiger partial charge in [0.1, 0.15) is 6.79 Å². The Morgan fingerprint density at radius 3 is 2.37 bits per heavy atom. The van der Waals surface area contributed by atoms with E-state index in [0.29, 0.717) is 54.4 Å². The maximum atomic E-state index is 11.7. The van der Waals surface area contributed by atoms with Crippen LogP contribution in [0, 0.1) is 29.1 Å². The zero-order valence-corrected chi connectivity index (χ0v) is 35.6. The standard InChI is InChI=1S/C44H65NO10S2/c1-26-6-5-13-44(23-26)14-11-35(45-2)31-10-9-30(20-34(31)44)55-39-19-28-7-8-29(54-25-47)21-36(48)33(16-27-17-40(52-3)43(51)41(18-27)53-4)38(50)24-56-57-42(12-15-46)32(28)22-37(39)49/h5,13,17-19,22,26,29-31,33-36,38,42,45-51H,6-12,14-16,20-21,23-25H2,1-4H3. The minimum Gasteiger partial charge on any atom is -0.504 e. The Balaban J connectivity index is 1.25. The molecule has 13 heteroatoms. The largest absolute Gasteiger partial charge is 0.504 e. The lowest BCUT2D eigenvalue weighted by atomic mass is 9.52.